The Balaban J connectivity index is 2.09. The highest BCUT2D eigenvalue weighted by molar-refractivity contribution is 6.30. The third-order valence-corrected chi connectivity index (χ3v) is 2.78. The van der Waals surface area contributed by atoms with Gasteiger partial charge in [0.15, 0.2) is 0 Å². The predicted molar refractivity (Wildman–Crippen MR) is 66.6 cm³/mol. The van der Waals surface area contributed by atoms with Crippen LogP contribution in [0.15, 0.2) is 54.6 Å². The van der Waals surface area contributed by atoms with Gasteiger partial charge in [0.1, 0.15) is 0 Å². The smallest absolute Gasteiger partial charge is 0.0830 e. The Labute approximate surface area is 100 Å². The molecule has 0 heterocycles. The Kier molecular flexibility index (Phi) is 3.60. The van der Waals surface area contributed by atoms with Crippen molar-refractivity contribution in [3.8, 4) is 0 Å². The maximum atomic E-state index is 10.0. The summed E-state index contributed by atoms with van der Waals surface area (Å²) in [5, 5.41) is 10.7. The van der Waals surface area contributed by atoms with Crippen molar-refractivity contribution in [2.24, 2.45) is 0 Å². The van der Waals surface area contributed by atoms with Crippen molar-refractivity contribution in [1.29, 1.82) is 0 Å². The number of rotatable bonds is 3. The van der Waals surface area contributed by atoms with Crippen LogP contribution in [-0.2, 0) is 6.42 Å². The Morgan fingerprint density at radius 1 is 0.938 bits per heavy atom. The van der Waals surface area contributed by atoms with Gasteiger partial charge >= 0.3 is 0 Å². The Hall–Kier alpha value is -1.31. The fraction of sp³-hybridized carbons (Fsp3) is 0.143. The lowest BCUT2D eigenvalue weighted by molar-refractivity contribution is 0.178. The first kappa shape index (κ1) is 11.2. The van der Waals surface area contributed by atoms with Gasteiger partial charge in [-0.3, -0.25) is 0 Å². The molecule has 0 radical (unpaired) electrons. The normalized spacial score (nSPS) is 12.4. The maximum Gasteiger partial charge on any atom is 0.0830 e. The number of hydrogen-bond donors (Lipinski definition) is 1. The Morgan fingerprint density at radius 2 is 1.56 bits per heavy atom. The minimum Gasteiger partial charge on any atom is -0.388 e. The van der Waals surface area contributed by atoms with Gasteiger partial charge in [-0.2, -0.15) is 0 Å². The van der Waals surface area contributed by atoms with Crippen LogP contribution < -0.4 is 0 Å². The van der Waals surface area contributed by atoms with Crippen molar-refractivity contribution < 1.29 is 5.11 Å². The van der Waals surface area contributed by atoms with Gasteiger partial charge in [-0.05, 0) is 23.3 Å². The van der Waals surface area contributed by atoms with Crippen molar-refractivity contribution >= 4 is 11.6 Å². The summed E-state index contributed by atoms with van der Waals surface area (Å²) in [4.78, 5) is 0. The summed E-state index contributed by atoms with van der Waals surface area (Å²) in [6.45, 7) is 0. The molecule has 1 N–H and O–H groups in total. The van der Waals surface area contributed by atoms with E-state index in [9.17, 15) is 5.11 Å². The molecular formula is C14H13ClO. The van der Waals surface area contributed by atoms with E-state index in [1.165, 1.54) is 0 Å². The molecule has 16 heavy (non-hydrogen) atoms. The van der Waals surface area contributed by atoms with E-state index in [-0.39, 0.29) is 0 Å². The number of benzene rings is 2. The van der Waals surface area contributed by atoms with Gasteiger partial charge in [-0.25, -0.2) is 0 Å². The SMILES string of the molecule is O[C@H](Cc1ccccc1)c1ccc(Cl)cc1. The summed E-state index contributed by atoms with van der Waals surface area (Å²) in [7, 11) is 0. The van der Waals surface area contributed by atoms with E-state index in [1.54, 1.807) is 12.1 Å². The molecule has 2 aromatic rings. The van der Waals surface area contributed by atoms with Crippen LogP contribution >= 0.6 is 11.6 Å². The summed E-state index contributed by atoms with van der Waals surface area (Å²) >= 11 is 5.79. The summed E-state index contributed by atoms with van der Waals surface area (Å²) in [6, 6.07) is 17.3. The van der Waals surface area contributed by atoms with Gasteiger partial charge in [-0.1, -0.05) is 54.1 Å². The lowest BCUT2D eigenvalue weighted by Gasteiger charge is -2.10. The van der Waals surface area contributed by atoms with E-state index >= 15 is 0 Å². The molecular weight excluding hydrogens is 220 g/mol. The van der Waals surface area contributed by atoms with Gasteiger partial charge in [-0.15, -0.1) is 0 Å². The van der Waals surface area contributed by atoms with Gasteiger partial charge in [0.25, 0.3) is 0 Å². The molecule has 0 aromatic heterocycles. The highest BCUT2D eigenvalue weighted by atomic mass is 35.5. The van der Waals surface area contributed by atoms with E-state index in [2.05, 4.69) is 0 Å². The van der Waals surface area contributed by atoms with Crippen molar-refractivity contribution in [1.82, 2.24) is 0 Å². The molecule has 0 saturated heterocycles. The molecule has 2 aromatic carbocycles. The molecule has 1 atom stereocenters. The maximum absolute atomic E-state index is 10.0. The molecule has 0 amide bonds. The highest BCUT2D eigenvalue weighted by Crippen LogP contribution is 2.20. The summed E-state index contributed by atoms with van der Waals surface area (Å²) in [5.41, 5.74) is 2.03. The van der Waals surface area contributed by atoms with E-state index in [0.717, 1.165) is 11.1 Å². The Bertz CT molecular complexity index is 436. The Morgan fingerprint density at radius 3 is 2.19 bits per heavy atom. The number of aliphatic hydroxyl groups is 1. The molecule has 1 nitrogen and oxygen atoms in total. The van der Waals surface area contributed by atoms with Gasteiger partial charge < -0.3 is 5.11 Å². The highest BCUT2D eigenvalue weighted by Gasteiger charge is 2.07. The zero-order valence-electron chi connectivity index (χ0n) is 8.81. The van der Waals surface area contributed by atoms with E-state index in [1.807, 2.05) is 42.5 Å². The molecule has 0 unspecified atom stereocenters. The van der Waals surface area contributed by atoms with Crippen molar-refractivity contribution in [3.05, 3.63) is 70.7 Å². The third kappa shape index (κ3) is 2.84. The summed E-state index contributed by atoms with van der Waals surface area (Å²) in [5.74, 6) is 0. The second-order valence-corrected chi connectivity index (χ2v) is 4.19. The van der Waals surface area contributed by atoms with Gasteiger partial charge in [0.2, 0.25) is 0 Å². The second-order valence-electron chi connectivity index (χ2n) is 3.76. The molecule has 0 saturated carbocycles. The first-order chi connectivity index (χ1) is 7.75. The quantitative estimate of drug-likeness (QED) is 0.857. The molecule has 0 fully saturated rings. The standard InChI is InChI=1S/C14H13ClO/c15-13-8-6-12(7-9-13)14(16)10-11-4-2-1-3-5-11/h1-9,14,16H,10H2/t14-/m1/s1. The van der Waals surface area contributed by atoms with Crippen LogP contribution in [0.2, 0.25) is 5.02 Å². The topological polar surface area (TPSA) is 20.2 Å². The number of halogens is 1. The lowest BCUT2D eigenvalue weighted by Crippen LogP contribution is -2.01. The fourth-order valence-electron chi connectivity index (χ4n) is 1.64. The van der Waals surface area contributed by atoms with E-state index < -0.39 is 6.10 Å². The number of aliphatic hydroxyl groups excluding tert-OH is 1. The van der Waals surface area contributed by atoms with Crippen LogP contribution in [0, 0.1) is 0 Å². The van der Waals surface area contributed by atoms with E-state index in [4.69, 9.17) is 11.6 Å². The molecule has 0 aliphatic rings. The minimum absolute atomic E-state index is 0.473. The lowest BCUT2D eigenvalue weighted by atomic mass is 10.0. The van der Waals surface area contributed by atoms with Crippen molar-refractivity contribution in [2.45, 2.75) is 12.5 Å². The first-order valence-electron chi connectivity index (χ1n) is 5.23. The van der Waals surface area contributed by atoms with Crippen LogP contribution in [0.25, 0.3) is 0 Å². The minimum atomic E-state index is -0.473. The van der Waals surface area contributed by atoms with Crippen LogP contribution in [0.4, 0.5) is 0 Å². The second kappa shape index (κ2) is 5.15. The third-order valence-electron chi connectivity index (χ3n) is 2.53. The first-order valence-corrected chi connectivity index (χ1v) is 5.61. The average molecular weight is 233 g/mol. The zero-order chi connectivity index (χ0) is 11.4. The fourth-order valence-corrected chi connectivity index (χ4v) is 1.77. The van der Waals surface area contributed by atoms with Crippen LogP contribution in [0.1, 0.15) is 17.2 Å². The monoisotopic (exact) mass is 232 g/mol. The molecule has 0 bridgehead atoms. The number of hydrogen-bond acceptors (Lipinski definition) is 1. The van der Waals surface area contributed by atoms with Crippen molar-refractivity contribution in [3.63, 3.8) is 0 Å². The van der Waals surface area contributed by atoms with Gasteiger partial charge in [0, 0.05) is 11.4 Å². The molecule has 2 heteroatoms. The van der Waals surface area contributed by atoms with Crippen LogP contribution in [0.5, 0.6) is 0 Å². The molecule has 0 aliphatic heterocycles. The van der Waals surface area contributed by atoms with Crippen LogP contribution in [-0.4, -0.2) is 5.11 Å². The van der Waals surface area contributed by atoms with Crippen molar-refractivity contribution in [2.75, 3.05) is 0 Å². The molecule has 82 valence electrons. The average Bonchev–Trinajstić information content (AvgIpc) is 2.31. The summed E-state index contributed by atoms with van der Waals surface area (Å²) in [6.07, 6.45) is 0.155. The predicted octanol–water partition coefficient (Wildman–Crippen LogP) is 3.62. The van der Waals surface area contributed by atoms with E-state index in [0.29, 0.717) is 11.4 Å². The van der Waals surface area contributed by atoms with Crippen LogP contribution in [0.3, 0.4) is 0 Å². The largest absolute Gasteiger partial charge is 0.388 e. The summed E-state index contributed by atoms with van der Waals surface area (Å²) < 4.78 is 0. The van der Waals surface area contributed by atoms with Gasteiger partial charge in [0.05, 0.1) is 6.10 Å². The molecule has 0 aliphatic carbocycles. The molecule has 0 spiro atoms. The molecule has 2 rings (SSSR count). The zero-order valence-corrected chi connectivity index (χ0v) is 9.56.